The van der Waals surface area contributed by atoms with Crippen molar-refractivity contribution in [3.8, 4) is 11.5 Å². The standard InChI is InChI=1S/C14H16N2O2/c1-3-14(17)11-5-7-12(8-6-11)18-13-9-15-16(4-2)10-13/h5-10H,3-4H2,1-2H3. The van der Waals surface area contributed by atoms with E-state index in [1.54, 1.807) is 35.1 Å². The first kappa shape index (κ1) is 12.4. The van der Waals surface area contributed by atoms with Crippen molar-refractivity contribution in [3.05, 3.63) is 42.2 Å². The SMILES string of the molecule is CCC(=O)c1ccc(Oc2cnn(CC)c2)cc1. The van der Waals surface area contributed by atoms with E-state index in [-0.39, 0.29) is 5.78 Å². The largest absolute Gasteiger partial charge is 0.454 e. The van der Waals surface area contributed by atoms with Crippen LogP contribution < -0.4 is 4.74 Å². The number of carbonyl (C=O) groups excluding carboxylic acids is 1. The summed E-state index contributed by atoms with van der Waals surface area (Å²) in [5.41, 5.74) is 0.717. The van der Waals surface area contributed by atoms with Crippen molar-refractivity contribution in [2.75, 3.05) is 0 Å². The molecular formula is C14H16N2O2. The van der Waals surface area contributed by atoms with Gasteiger partial charge in [0.15, 0.2) is 11.5 Å². The average molecular weight is 244 g/mol. The molecule has 0 radical (unpaired) electrons. The summed E-state index contributed by atoms with van der Waals surface area (Å²) in [6, 6.07) is 7.16. The predicted octanol–water partition coefficient (Wildman–Crippen LogP) is 3.29. The fourth-order valence-corrected chi connectivity index (χ4v) is 1.62. The molecule has 4 nitrogen and oxygen atoms in total. The van der Waals surface area contributed by atoms with E-state index in [9.17, 15) is 4.79 Å². The Bertz CT molecular complexity index is 529. The van der Waals surface area contributed by atoms with Gasteiger partial charge in [-0.3, -0.25) is 9.48 Å². The van der Waals surface area contributed by atoms with Crippen molar-refractivity contribution in [3.63, 3.8) is 0 Å². The van der Waals surface area contributed by atoms with E-state index < -0.39 is 0 Å². The Morgan fingerprint density at radius 1 is 1.22 bits per heavy atom. The van der Waals surface area contributed by atoms with Gasteiger partial charge in [-0.15, -0.1) is 0 Å². The maximum absolute atomic E-state index is 11.5. The number of ether oxygens (including phenoxy) is 1. The zero-order valence-corrected chi connectivity index (χ0v) is 10.6. The lowest BCUT2D eigenvalue weighted by molar-refractivity contribution is 0.0988. The molecule has 0 amide bonds. The Morgan fingerprint density at radius 3 is 2.50 bits per heavy atom. The van der Waals surface area contributed by atoms with Gasteiger partial charge in [0.1, 0.15) is 5.75 Å². The summed E-state index contributed by atoms with van der Waals surface area (Å²) in [6.45, 7) is 4.68. The van der Waals surface area contributed by atoms with Crippen LogP contribution in [0.3, 0.4) is 0 Å². The third kappa shape index (κ3) is 2.77. The van der Waals surface area contributed by atoms with Crippen LogP contribution in [0.2, 0.25) is 0 Å². The van der Waals surface area contributed by atoms with Crippen LogP contribution in [0, 0.1) is 0 Å². The molecule has 0 aliphatic heterocycles. The second-order valence-corrected chi connectivity index (χ2v) is 3.93. The Balaban J connectivity index is 2.08. The number of hydrogen-bond donors (Lipinski definition) is 0. The normalized spacial score (nSPS) is 10.3. The molecule has 1 aromatic carbocycles. The molecule has 2 aromatic rings. The molecule has 0 atom stereocenters. The van der Waals surface area contributed by atoms with Gasteiger partial charge >= 0.3 is 0 Å². The van der Waals surface area contributed by atoms with Gasteiger partial charge in [-0.2, -0.15) is 5.10 Å². The van der Waals surface area contributed by atoms with Crippen LogP contribution in [0.4, 0.5) is 0 Å². The Morgan fingerprint density at radius 2 is 1.94 bits per heavy atom. The molecule has 0 unspecified atom stereocenters. The van der Waals surface area contributed by atoms with E-state index in [4.69, 9.17) is 4.74 Å². The number of nitrogens with zero attached hydrogens (tertiary/aromatic N) is 2. The number of aromatic nitrogens is 2. The summed E-state index contributed by atoms with van der Waals surface area (Å²) < 4.78 is 7.43. The van der Waals surface area contributed by atoms with E-state index in [1.165, 1.54) is 0 Å². The van der Waals surface area contributed by atoms with E-state index in [0.717, 1.165) is 6.54 Å². The van der Waals surface area contributed by atoms with Crippen LogP contribution in [0.1, 0.15) is 30.6 Å². The molecule has 0 N–H and O–H groups in total. The van der Waals surface area contributed by atoms with Gasteiger partial charge in [0.05, 0.1) is 12.4 Å². The summed E-state index contributed by atoms with van der Waals surface area (Å²) >= 11 is 0. The molecule has 0 saturated heterocycles. The Hall–Kier alpha value is -2.10. The van der Waals surface area contributed by atoms with Gasteiger partial charge in [0.2, 0.25) is 0 Å². The maximum atomic E-state index is 11.5. The molecule has 1 heterocycles. The summed E-state index contributed by atoms with van der Waals surface area (Å²) in [7, 11) is 0. The Labute approximate surface area is 106 Å². The van der Waals surface area contributed by atoms with Crippen molar-refractivity contribution in [1.82, 2.24) is 9.78 Å². The molecular weight excluding hydrogens is 228 g/mol. The number of benzene rings is 1. The van der Waals surface area contributed by atoms with Crippen molar-refractivity contribution in [2.45, 2.75) is 26.8 Å². The smallest absolute Gasteiger partial charge is 0.165 e. The van der Waals surface area contributed by atoms with Gasteiger partial charge < -0.3 is 4.74 Å². The zero-order chi connectivity index (χ0) is 13.0. The molecule has 0 aliphatic carbocycles. The quantitative estimate of drug-likeness (QED) is 0.758. The van der Waals surface area contributed by atoms with Crippen LogP contribution in [0.5, 0.6) is 11.5 Å². The second kappa shape index (κ2) is 5.49. The second-order valence-electron chi connectivity index (χ2n) is 3.93. The number of Topliss-reactive ketones (excluding diaryl/α,β-unsaturated/α-hetero) is 1. The average Bonchev–Trinajstić information content (AvgIpc) is 2.86. The first-order valence-corrected chi connectivity index (χ1v) is 6.06. The summed E-state index contributed by atoms with van der Waals surface area (Å²) in [6.07, 6.45) is 4.03. The number of hydrogen-bond acceptors (Lipinski definition) is 3. The highest BCUT2D eigenvalue weighted by Gasteiger charge is 2.04. The minimum atomic E-state index is 0.139. The minimum Gasteiger partial charge on any atom is -0.454 e. The summed E-state index contributed by atoms with van der Waals surface area (Å²) in [4.78, 5) is 11.5. The monoisotopic (exact) mass is 244 g/mol. The Kier molecular flexibility index (Phi) is 3.77. The zero-order valence-electron chi connectivity index (χ0n) is 10.6. The van der Waals surface area contributed by atoms with Crippen LogP contribution in [0.25, 0.3) is 0 Å². The number of rotatable bonds is 5. The molecule has 0 bridgehead atoms. The van der Waals surface area contributed by atoms with E-state index >= 15 is 0 Å². The molecule has 18 heavy (non-hydrogen) atoms. The van der Waals surface area contributed by atoms with Crippen molar-refractivity contribution < 1.29 is 9.53 Å². The van der Waals surface area contributed by atoms with Gasteiger partial charge in [0, 0.05) is 18.5 Å². The van der Waals surface area contributed by atoms with Crippen molar-refractivity contribution in [2.24, 2.45) is 0 Å². The highest BCUT2D eigenvalue weighted by Crippen LogP contribution is 2.21. The number of carbonyl (C=O) groups is 1. The van der Waals surface area contributed by atoms with Gasteiger partial charge in [-0.1, -0.05) is 6.92 Å². The fraction of sp³-hybridized carbons (Fsp3) is 0.286. The van der Waals surface area contributed by atoms with E-state index in [0.29, 0.717) is 23.5 Å². The van der Waals surface area contributed by atoms with Crippen molar-refractivity contribution >= 4 is 5.78 Å². The molecule has 0 aliphatic rings. The molecule has 0 fully saturated rings. The first-order chi connectivity index (χ1) is 8.72. The lowest BCUT2D eigenvalue weighted by Gasteiger charge is -2.03. The molecule has 94 valence electrons. The number of aryl methyl sites for hydroxylation is 1. The lowest BCUT2D eigenvalue weighted by Crippen LogP contribution is -1.95. The lowest BCUT2D eigenvalue weighted by atomic mass is 10.1. The van der Waals surface area contributed by atoms with Gasteiger partial charge in [0.25, 0.3) is 0 Å². The predicted molar refractivity (Wildman–Crippen MR) is 69.0 cm³/mol. The van der Waals surface area contributed by atoms with Crippen LogP contribution in [-0.4, -0.2) is 15.6 Å². The van der Waals surface area contributed by atoms with Gasteiger partial charge in [-0.05, 0) is 31.2 Å². The molecule has 0 spiro atoms. The van der Waals surface area contributed by atoms with E-state index in [1.807, 2.05) is 20.0 Å². The molecule has 1 aromatic heterocycles. The van der Waals surface area contributed by atoms with E-state index in [2.05, 4.69) is 5.10 Å². The molecule has 2 rings (SSSR count). The van der Waals surface area contributed by atoms with Crippen molar-refractivity contribution in [1.29, 1.82) is 0 Å². The third-order valence-corrected chi connectivity index (χ3v) is 2.67. The van der Waals surface area contributed by atoms with Crippen LogP contribution in [-0.2, 0) is 6.54 Å². The first-order valence-electron chi connectivity index (χ1n) is 6.06. The highest BCUT2D eigenvalue weighted by atomic mass is 16.5. The van der Waals surface area contributed by atoms with Crippen LogP contribution >= 0.6 is 0 Å². The van der Waals surface area contributed by atoms with Gasteiger partial charge in [-0.25, -0.2) is 0 Å². The maximum Gasteiger partial charge on any atom is 0.165 e. The fourth-order valence-electron chi connectivity index (χ4n) is 1.62. The number of ketones is 1. The third-order valence-electron chi connectivity index (χ3n) is 2.67. The molecule has 4 heteroatoms. The minimum absolute atomic E-state index is 0.139. The highest BCUT2D eigenvalue weighted by molar-refractivity contribution is 5.95. The molecule has 0 saturated carbocycles. The summed E-state index contributed by atoms with van der Waals surface area (Å²) in [5.74, 6) is 1.55. The summed E-state index contributed by atoms with van der Waals surface area (Å²) in [5, 5.41) is 4.13. The van der Waals surface area contributed by atoms with Crippen LogP contribution in [0.15, 0.2) is 36.7 Å². The topological polar surface area (TPSA) is 44.1 Å².